The number of carboxylic acids is 1. The van der Waals surface area contributed by atoms with E-state index in [1.54, 1.807) is 109 Å². The molecule has 6 fully saturated rings. The third-order valence-electron chi connectivity index (χ3n) is 28.3. The Morgan fingerprint density at radius 1 is 0.452 bits per heavy atom. The summed E-state index contributed by atoms with van der Waals surface area (Å²) in [5.74, 6) is -6.51. The van der Waals surface area contributed by atoms with E-state index in [1.807, 2.05) is 89.8 Å². The van der Waals surface area contributed by atoms with E-state index >= 15 is 17.6 Å². The molecule has 4 bridgehead atoms. The fourth-order valence-corrected chi connectivity index (χ4v) is 21.3. The van der Waals surface area contributed by atoms with Crippen molar-refractivity contribution in [1.82, 2.24) is 61.2 Å². The van der Waals surface area contributed by atoms with E-state index in [4.69, 9.17) is 38.8 Å². The number of H-pyrrole nitrogens is 2. The number of carbonyl (C=O) groups excluding carboxylic acids is 7. The van der Waals surface area contributed by atoms with E-state index in [0.717, 1.165) is 77.0 Å². The molecule has 135 heavy (non-hydrogen) atoms. The minimum atomic E-state index is -3.29. The first-order chi connectivity index (χ1) is 65.1. The molecule has 8 N–H and O–H groups in total. The summed E-state index contributed by atoms with van der Waals surface area (Å²) in [7, 11) is 7.84. The summed E-state index contributed by atoms with van der Waals surface area (Å²) in [4.78, 5) is 131. The van der Waals surface area contributed by atoms with Gasteiger partial charge in [-0.3, -0.25) is 24.4 Å². The lowest BCUT2D eigenvalue weighted by molar-refractivity contribution is -0.140. The molecule has 6 aliphatic heterocycles. The van der Waals surface area contributed by atoms with Crippen LogP contribution in [-0.4, -0.2) is 203 Å². The maximum atomic E-state index is 16.7. The smallest absolute Gasteiger partial charge is 0.407 e. The first kappa shape index (κ1) is 91.6. The van der Waals surface area contributed by atoms with Crippen LogP contribution >= 0.6 is 0 Å². The number of carboxylic acid groups (broad SMARTS) is 1. The Morgan fingerprint density at radius 3 is 1.30 bits per heavy atom. The van der Waals surface area contributed by atoms with Gasteiger partial charge < -0.3 is 84.8 Å². The van der Waals surface area contributed by atoms with Crippen LogP contribution in [0.1, 0.15) is 158 Å². The number of imidazole rings is 2. The van der Waals surface area contributed by atoms with Crippen molar-refractivity contribution in [2.75, 3.05) is 55.7 Å². The van der Waals surface area contributed by atoms with Crippen LogP contribution in [0.25, 0.3) is 67.0 Å². The molecule has 14 atom stereocenters. The number of nitrogens with zero attached hydrogens (tertiary/aromatic N) is 7. The molecule has 29 nitrogen and oxygen atoms in total. The molecule has 10 aliphatic rings. The van der Waals surface area contributed by atoms with E-state index in [9.17, 15) is 38.4 Å². The number of benzene rings is 8. The fourth-order valence-electron chi connectivity index (χ4n) is 21.3. The van der Waals surface area contributed by atoms with Crippen molar-refractivity contribution in [3.63, 3.8) is 0 Å². The van der Waals surface area contributed by atoms with Gasteiger partial charge in [0.25, 0.3) is 17.8 Å². The third-order valence-corrected chi connectivity index (χ3v) is 28.3. The maximum absolute atomic E-state index is 16.7. The number of aliphatic carboxylic acids is 1. The van der Waals surface area contributed by atoms with Crippen LogP contribution in [0.15, 0.2) is 192 Å². The number of aliphatic imine (C=N–C) groups is 2. The van der Waals surface area contributed by atoms with Crippen LogP contribution in [0.2, 0.25) is 0 Å². The van der Waals surface area contributed by atoms with Gasteiger partial charge in [-0.15, -0.1) is 0 Å². The Kier molecular flexibility index (Phi) is 25.7. The monoisotopic (exact) mass is 1840 g/mol. The number of amides is 7. The topological polar surface area (TPSA) is 364 Å². The average Bonchev–Trinajstić information content (AvgIpc) is 1.57. The van der Waals surface area contributed by atoms with Gasteiger partial charge in [-0.1, -0.05) is 121 Å². The lowest BCUT2D eigenvalue weighted by Crippen LogP contribution is -2.54. The number of alkyl halides is 4. The summed E-state index contributed by atoms with van der Waals surface area (Å²) in [6.45, 7) is 4.30. The molecule has 2 aromatic heterocycles. The number of alkyl carbamates (subject to hydrolysis) is 4. The molecule has 4 saturated heterocycles. The molecule has 0 unspecified atom stereocenters. The van der Waals surface area contributed by atoms with E-state index in [2.05, 4.69) is 57.3 Å². The number of fused-ring (bicyclic) bond motifs is 12. The number of hydrogen-bond acceptors (Lipinski definition) is 19. The molecule has 33 heteroatoms. The van der Waals surface area contributed by atoms with Crippen molar-refractivity contribution in [3.05, 3.63) is 238 Å². The number of rotatable bonds is 22. The van der Waals surface area contributed by atoms with Crippen molar-refractivity contribution < 1.29 is 89.4 Å². The van der Waals surface area contributed by atoms with E-state index in [-0.39, 0.29) is 64.0 Å². The molecular weight excluding hydrogens is 1740 g/mol. The number of methoxy groups -OCH3 is 6. The molecule has 4 aliphatic carbocycles. The number of aromatic amines is 2. The molecule has 0 spiro atoms. The number of piperidine rings is 2. The predicted molar refractivity (Wildman–Crippen MR) is 493 cm³/mol. The molecule has 8 heterocycles. The molecule has 700 valence electrons. The van der Waals surface area contributed by atoms with Gasteiger partial charge in [0.05, 0.1) is 93.9 Å². The molecule has 20 rings (SSSR count). The normalized spacial score (nSPS) is 21.8. The van der Waals surface area contributed by atoms with Crippen LogP contribution < -0.4 is 26.6 Å². The van der Waals surface area contributed by atoms with Crippen molar-refractivity contribution in [2.24, 2.45) is 21.8 Å². The zero-order chi connectivity index (χ0) is 94.6. The van der Waals surface area contributed by atoms with Crippen molar-refractivity contribution >= 4 is 70.9 Å². The maximum Gasteiger partial charge on any atom is 0.407 e. The van der Waals surface area contributed by atoms with E-state index in [1.165, 1.54) is 73.7 Å². The standard InChI is InChI=1S/C51H51F2N7O7.C41H42F2N6O4.C10H11NO4/c1-27(65-2)43(57-49(63)66-3)47(61)59-20-8-11-42(59)46-54-26-41(56-46)31-14-18-36-35-17-13-30(23-37(35)51(52,53)38(36)24-31)29-15-19-39-33(21-29)25-40(55-39)45-32-12-16-34(22-32)60(45)48(62)44(58-50(64)67-4)28-9-6-5-7-10-28;1-21(52-2)36(48-40(51)53-3)39(50)49-14-4-5-35(49)38-44-20-34(47-38)24-8-12-29-28-11-7-23(17-30(28)41(42,43)31(29)18-24)22-9-13-32-26(15-22)19-33(46-32)37-25-6-10-27(16-25)45-37;1-15-10(14)11-8(9(12)13)7-5-3-2-4-6-7/h5-7,9-10,13-15,17-19,21,23-24,26-27,32,34,42-45H,8,11-12,16,20,22,25H2,1-4H3,(H,54,56)(H,57,63)(H,58,64);7-9,11-13,15,17-18,20-21,25,27,35-37,45H,4-6,10,14,16,19H2,1-3H3,(H,44,47)(H,48,51);2-6,8H,1H3,(H,11,14)(H,12,13)/t27-,32-,34-,42+,43+,44-,45+;21-,25-,27-,35+,36+,37+;8-/m111/s1. The molecule has 7 amide bonds. The van der Waals surface area contributed by atoms with Crippen LogP contribution in [0.3, 0.4) is 0 Å². The molecule has 0 radical (unpaired) electrons. The first-order valence-corrected chi connectivity index (χ1v) is 45.5. The number of nitrogens with one attached hydrogen (secondary N) is 7. The van der Waals surface area contributed by atoms with Gasteiger partial charge in [-0.05, 0) is 205 Å². The van der Waals surface area contributed by atoms with Crippen LogP contribution in [0.5, 0.6) is 0 Å². The van der Waals surface area contributed by atoms with Crippen molar-refractivity contribution in [3.8, 4) is 67.0 Å². The van der Waals surface area contributed by atoms with Gasteiger partial charge in [-0.2, -0.15) is 17.6 Å². The van der Waals surface area contributed by atoms with E-state index < -0.39 is 84.6 Å². The van der Waals surface area contributed by atoms with Gasteiger partial charge in [0.15, 0.2) is 6.04 Å². The van der Waals surface area contributed by atoms with Crippen LogP contribution in [0.4, 0.5) is 48.1 Å². The Labute approximate surface area is 776 Å². The highest BCUT2D eigenvalue weighted by Crippen LogP contribution is 2.56. The summed E-state index contributed by atoms with van der Waals surface area (Å²) in [6.07, 6.45) is 9.54. The summed E-state index contributed by atoms with van der Waals surface area (Å²) in [6, 6.07) is 46.3. The van der Waals surface area contributed by atoms with Crippen LogP contribution in [0, 0.1) is 11.8 Å². The molecular formula is C102H104F4N14O15. The Bertz CT molecular complexity index is 6350. The second kappa shape index (κ2) is 37.9. The quantitative estimate of drug-likeness (QED) is 0.0231. The largest absolute Gasteiger partial charge is 0.479 e. The Balaban J connectivity index is 0.000000159. The number of likely N-dealkylation sites (tertiary alicyclic amines) is 3. The van der Waals surface area contributed by atoms with Gasteiger partial charge in [0.2, 0.25) is 11.8 Å². The van der Waals surface area contributed by atoms with Crippen molar-refractivity contribution in [2.45, 2.75) is 175 Å². The van der Waals surface area contributed by atoms with Gasteiger partial charge in [0, 0.05) is 103 Å². The lowest BCUT2D eigenvalue weighted by atomic mass is 9.90. The van der Waals surface area contributed by atoms with Gasteiger partial charge >= 0.3 is 30.3 Å². The van der Waals surface area contributed by atoms with Gasteiger partial charge in [-0.25, -0.2) is 33.9 Å². The minimum Gasteiger partial charge on any atom is -0.479 e. The number of halogens is 4. The average molecular weight is 1840 g/mol. The van der Waals surface area contributed by atoms with E-state index in [0.29, 0.717) is 130 Å². The summed E-state index contributed by atoms with van der Waals surface area (Å²) in [5, 5.41) is 22.8. The summed E-state index contributed by atoms with van der Waals surface area (Å²) >= 11 is 0. The molecule has 2 saturated carbocycles. The highest BCUT2D eigenvalue weighted by atomic mass is 19.3. The number of ether oxygens (including phenoxy) is 6. The highest BCUT2D eigenvalue weighted by Gasteiger charge is 2.54. The second-order valence-corrected chi connectivity index (χ2v) is 35.9. The van der Waals surface area contributed by atoms with Gasteiger partial charge in [0.1, 0.15) is 29.8 Å². The third kappa shape index (κ3) is 17.6. The number of aromatic nitrogens is 4. The SMILES string of the molecule is COC(=O)N[C@@H](C(=O)O)c1ccccc1.COC(=O)N[C@H](C(=O)N1CCC[C@H]1c1ncc(-c2ccc3c(c2)C(F)(F)c2cc(-c4ccc5c(c4)CC([C@@H]4[C@@H]6CC[C@H](C6)N4C(=O)[C@H](NC(=O)OC)c4ccccc4)=N5)ccc2-3)[nH]1)[C@@H](C)OC.COC(=O)N[C@H](C(=O)N1CCC[C@H]1c1ncc(-c2ccc3c(c2)C(F)(F)c2cc(-c4ccc5c(c4)CC([C@H]4N[C@@H]6CC[C@@H]4C6)=N5)ccc2-3)[nH]1)[C@@H](C)OC. The zero-order valence-corrected chi connectivity index (χ0v) is 75.6. The summed E-state index contributed by atoms with van der Waals surface area (Å²) in [5.41, 5.74) is 14.1. The number of carbonyl (C=O) groups is 8. The number of hydrogen-bond donors (Lipinski definition) is 8. The molecule has 10 aromatic rings. The predicted octanol–water partition coefficient (Wildman–Crippen LogP) is 16.6. The fraction of sp³-hybridized carbons (Fsp3) is 0.373. The Hall–Kier alpha value is -13.9. The summed E-state index contributed by atoms with van der Waals surface area (Å²) < 4.78 is 95.6. The minimum absolute atomic E-state index is 0.00316. The highest BCUT2D eigenvalue weighted by molar-refractivity contribution is 6.03. The van der Waals surface area contributed by atoms with Crippen LogP contribution in [-0.2, 0) is 72.3 Å². The first-order valence-electron chi connectivity index (χ1n) is 45.5. The van der Waals surface area contributed by atoms with Crippen molar-refractivity contribution in [1.29, 1.82) is 0 Å². The Morgan fingerprint density at radius 2 is 0.859 bits per heavy atom. The molecule has 8 aromatic carbocycles. The zero-order valence-electron chi connectivity index (χ0n) is 75.6. The lowest BCUT2D eigenvalue weighted by Gasteiger charge is -2.37. The second-order valence-electron chi connectivity index (χ2n) is 35.9.